The van der Waals surface area contributed by atoms with Gasteiger partial charge in [-0.25, -0.2) is 14.4 Å². The average molecular weight is 428 g/mol. The van der Waals surface area contributed by atoms with Crippen molar-refractivity contribution in [3.8, 4) is 11.3 Å². The van der Waals surface area contributed by atoms with Crippen LogP contribution in [0.5, 0.6) is 0 Å². The quantitative estimate of drug-likeness (QED) is 0.324. The Morgan fingerprint density at radius 3 is 2.53 bits per heavy atom. The van der Waals surface area contributed by atoms with Crippen LogP contribution in [0.1, 0.15) is 17.4 Å². The third-order valence-electron chi connectivity index (χ3n) is 4.95. The Morgan fingerprint density at radius 1 is 1.06 bits per heavy atom. The van der Waals surface area contributed by atoms with E-state index in [4.69, 9.17) is 5.73 Å². The molecule has 0 radical (unpaired) electrons. The summed E-state index contributed by atoms with van der Waals surface area (Å²) in [5, 5.41) is 3.23. The first-order chi connectivity index (χ1) is 15.5. The van der Waals surface area contributed by atoms with E-state index in [2.05, 4.69) is 20.3 Å². The molecule has 2 heterocycles. The van der Waals surface area contributed by atoms with Gasteiger partial charge < -0.3 is 5.32 Å². The minimum absolute atomic E-state index is 0.344. The zero-order valence-corrected chi connectivity index (χ0v) is 17.3. The van der Waals surface area contributed by atoms with Crippen LogP contribution in [0, 0.1) is 6.92 Å². The van der Waals surface area contributed by atoms with Crippen molar-refractivity contribution in [3.05, 3.63) is 90.4 Å². The second-order valence-electron chi connectivity index (χ2n) is 7.10. The van der Waals surface area contributed by atoms with Crippen molar-refractivity contribution < 1.29 is 9.18 Å². The van der Waals surface area contributed by atoms with Crippen molar-refractivity contribution >= 4 is 29.4 Å². The molecule has 8 heteroatoms. The molecular weight excluding hydrogens is 407 g/mol. The van der Waals surface area contributed by atoms with Gasteiger partial charge in [-0.05, 0) is 55.0 Å². The van der Waals surface area contributed by atoms with Gasteiger partial charge in [-0.2, -0.15) is 0 Å². The number of amides is 1. The highest BCUT2D eigenvalue weighted by atomic mass is 19.1. The molecule has 2 aromatic heterocycles. The normalized spacial score (nSPS) is 11.6. The third-order valence-corrected chi connectivity index (χ3v) is 4.95. The molecule has 0 saturated heterocycles. The highest BCUT2D eigenvalue weighted by molar-refractivity contribution is 5.88. The molecule has 4 rings (SSSR count). The monoisotopic (exact) mass is 428 g/mol. The van der Waals surface area contributed by atoms with Gasteiger partial charge in [0, 0.05) is 41.1 Å². The third kappa shape index (κ3) is 4.60. The van der Waals surface area contributed by atoms with Crippen molar-refractivity contribution in [1.82, 2.24) is 15.0 Å². The lowest BCUT2D eigenvalue weighted by molar-refractivity contribution is -0.106. The molecule has 160 valence electrons. The van der Waals surface area contributed by atoms with Gasteiger partial charge in [-0.15, -0.1) is 0 Å². The largest absolute Gasteiger partial charge is 0.324 e. The number of nitrogens with one attached hydrogen (secondary N) is 1. The molecule has 7 nitrogen and oxygen atoms in total. The maximum Gasteiger partial charge on any atom is 0.227 e. The number of benzene rings is 2. The van der Waals surface area contributed by atoms with Crippen LogP contribution >= 0.6 is 0 Å². The molecule has 0 aliphatic carbocycles. The molecule has 0 bridgehead atoms. The summed E-state index contributed by atoms with van der Waals surface area (Å²) >= 11 is 0. The molecule has 32 heavy (non-hydrogen) atoms. The molecule has 1 atom stereocenters. The number of anilines is 4. The number of aromatic nitrogens is 3. The number of nitrogens with zero attached hydrogens (tertiary/aromatic N) is 4. The lowest BCUT2D eigenvalue weighted by atomic mass is 10.1. The molecule has 0 aliphatic heterocycles. The number of rotatable bonds is 7. The lowest BCUT2D eigenvalue weighted by Crippen LogP contribution is -2.15. The number of carbonyl (C=O) groups excluding carboxylic acids is 1. The molecular formula is C24H21FN6O. The van der Waals surface area contributed by atoms with E-state index < -0.39 is 6.30 Å². The summed E-state index contributed by atoms with van der Waals surface area (Å²) in [7, 11) is 0. The number of pyridine rings is 1. The van der Waals surface area contributed by atoms with E-state index in [0.717, 1.165) is 22.5 Å². The SMILES string of the molecule is Cc1ccc(N(C=O)c2ccc(C(N)F)cc2)cc1Nc1nccc(-c2cccnc2)n1. The molecule has 0 saturated carbocycles. The zero-order valence-electron chi connectivity index (χ0n) is 17.3. The Balaban J connectivity index is 1.62. The highest BCUT2D eigenvalue weighted by Crippen LogP contribution is 2.30. The maximum atomic E-state index is 13.3. The predicted molar refractivity (Wildman–Crippen MR) is 122 cm³/mol. The van der Waals surface area contributed by atoms with Gasteiger partial charge in [0.15, 0.2) is 6.30 Å². The van der Waals surface area contributed by atoms with Crippen molar-refractivity contribution in [2.75, 3.05) is 10.2 Å². The van der Waals surface area contributed by atoms with E-state index in [1.165, 1.54) is 4.90 Å². The van der Waals surface area contributed by atoms with Crippen LogP contribution in [-0.2, 0) is 4.79 Å². The Labute approximate surface area is 184 Å². The summed E-state index contributed by atoms with van der Waals surface area (Å²) in [6.07, 6.45) is 4.26. The van der Waals surface area contributed by atoms with E-state index in [9.17, 15) is 9.18 Å². The Kier molecular flexibility index (Phi) is 6.14. The van der Waals surface area contributed by atoms with Crippen LogP contribution in [-0.4, -0.2) is 21.4 Å². The summed E-state index contributed by atoms with van der Waals surface area (Å²) < 4.78 is 13.3. The predicted octanol–water partition coefficient (Wildman–Crippen LogP) is 4.81. The molecule has 4 aromatic rings. The first kappa shape index (κ1) is 21.1. The molecule has 1 unspecified atom stereocenters. The average Bonchev–Trinajstić information content (AvgIpc) is 2.82. The maximum absolute atomic E-state index is 13.3. The van der Waals surface area contributed by atoms with Gasteiger partial charge >= 0.3 is 0 Å². The molecule has 2 aromatic carbocycles. The van der Waals surface area contributed by atoms with Crippen LogP contribution in [0.25, 0.3) is 11.3 Å². The Hall–Kier alpha value is -4.17. The standard InChI is InChI=1S/C24H21FN6O/c1-16-4-7-20(31(15-32)19-8-5-17(6-9-19)23(25)26)13-22(16)30-24-28-12-10-21(29-24)18-3-2-11-27-14-18/h2-15,23H,26H2,1H3,(H,28,29,30). The lowest BCUT2D eigenvalue weighted by Gasteiger charge is -2.20. The topological polar surface area (TPSA) is 97.0 Å². The number of nitrogens with two attached hydrogens (primary N) is 1. The number of aryl methyl sites for hydroxylation is 1. The summed E-state index contributed by atoms with van der Waals surface area (Å²) in [5.74, 6) is 0.422. The van der Waals surface area contributed by atoms with Gasteiger partial charge in [0.05, 0.1) is 11.4 Å². The first-order valence-corrected chi connectivity index (χ1v) is 9.90. The van der Waals surface area contributed by atoms with Crippen molar-refractivity contribution in [2.45, 2.75) is 13.2 Å². The van der Waals surface area contributed by atoms with E-state index in [1.54, 1.807) is 42.9 Å². The van der Waals surface area contributed by atoms with Gasteiger partial charge in [-0.3, -0.25) is 20.4 Å². The van der Waals surface area contributed by atoms with Gasteiger partial charge in [0.25, 0.3) is 0 Å². The van der Waals surface area contributed by atoms with Crippen molar-refractivity contribution in [3.63, 3.8) is 0 Å². The second-order valence-corrected chi connectivity index (χ2v) is 7.10. The minimum atomic E-state index is -1.56. The summed E-state index contributed by atoms with van der Waals surface area (Å²) in [6.45, 7) is 1.94. The van der Waals surface area contributed by atoms with Crippen LogP contribution in [0.2, 0.25) is 0 Å². The Morgan fingerprint density at radius 2 is 1.84 bits per heavy atom. The Bertz CT molecular complexity index is 1210. The first-order valence-electron chi connectivity index (χ1n) is 9.90. The number of carbonyl (C=O) groups is 1. The molecule has 0 fully saturated rings. The van der Waals surface area contributed by atoms with Gasteiger partial charge in [0.2, 0.25) is 12.4 Å². The smallest absolute Gasteiger partial charge is 0.227 e. The van der Waals surface area contributed by atoms with Crippen LogP contribution in [0.15, 0.2) is 79.3 Å². The highest BCUT2D eigenvalue weighted by Gasteiger charge is 2.12. The summed E-state index contributed by atoms with van der Waals surface area (Å²) in [5.41, 5.74) is 10.2. The van der Waals surface area contributed by atoms with E-state index in [0.29, 0.717) is 29.3 Å². The fraction of sp³-hybridized carbons (Fsp3) is 0.0833. The molecule has 3 N–H and O–H groups in total. The number of hydrogen-bond donors (Lipinski definition) is 2. The van der Waals surface area contributed by atoms with Crippen molar-refractivity contribution in [1.29, 1.82) is 0 Å². The fourth-order valence-electron chi connectivity index (χ4n) is 3.20. The minimum Gasteiger partial charge on any atom is -0.324 e. The number of halogens is 1. The van der Waals surface area contributed by atoms with Gasteiger partial charge in [0.1, 0.15) is 0 Å². The van der Waals surface area contributed by atoms with Crippen LogP contribution in [0.4, 0.5) is 27.4 Å². The fourth-order valence-corrected chi connectivity index (χ4v) is 3.20. The second kappa shape index (κ2) is 9.32. The van der Waals surface area contributed by atoms with E-state index in [1.807, 2.05) is 43.3 Å². The summed E-state index contributed by atoms with van der Waals surface area (Å²) in [6, 6.07) is 17.6. The molecule has 0 aliphatic rings. The van der Waals surface area contributed by atoms with E-state index in [-0.39, 0.29) is 0 Å². The number of alkyl halides is 1. The van der Waals surface area contributed by atoms with E-state index >= 15 is 0 Å². The number of hydrogen-bond acceptors (Lipinski definition) is 6. The van der Waals surface area contributed by atoms with Crippen LogP contribution in [0.3, 0.4) is 0 Å². The molecule has 1 amide bonds. The zero-order chi connectivity index (χ0) is 22.5. The van der Waals surface area contributed by atoms with Crippen LogP contribution < -0.4 is 16.0 Å². The molecule has 0 spiro atoms. The van der Waals surface area contributed by atoms with Crippen molar-refractivity contribution in [2.24, 2.45) is 5.73 Å². The van der Waals surface area contributed by atoms with Gasteiger partial charge in [-0.1, -0.05) is 18.2 Å². The summed E-state index contributed by atoms with van der Waals surface area (Å²) in [4.78, 5) is 26.3.